The Hall–Kier alpha value is -3.52. The van der Waals surface area contributed by atoms with E-state index in [2.05, 4.69) is 10.3 Å². The first-order chi connectivity index (χ1) is 15.9. The molecular weight excluding hydrogens is 438 g/mol. The molecule has 0 saturated carbocycles. The van der Waals surface area contributed by atoms with Gasteiger partial charge in [-0.15, -0.1) is 11.3 Å². The van der Waals surface area contributed by atoms with Crippen LogP contribution in [0.3, 0.4) is 0 Å². The lowest BCUT2D eigenvalue weighted by molar-refractivity contribution is -0.149. The summed E-state index contributed by atoms with van der Waals surface area (Å²) in [7, 11) is 0. The van der Waals surface area contributed by atoms with Crippen molar-refractivity contribution >= 4 is 40.5 Å². The summed E-state index contributed by atoms with van der Waals surface area (Å²) < 4.78 is 5.42. The number of esters is 1. The number of aryl methyl sites for hydroxylation is 2. The number of thiazole rings is 1. The van der Waals surface area contributed by atoms with Gasteiger partial charge in [0.2, 0.25) is 11.8 Å². The average molecular weight is 464 g/mol. The number of carbonyl (C=O) groups excluding carboxylic acids is 3. The van der Waals surface area contributed by atoms with Gasteiger partial charge in [0, 0.05) is 29.7 Å². The number of rotatable bonds is 7. The molecule has 1 unspecified atom stereocenters. The van der Waals surface area contributed by atoms with Crippen molar-refractivity contribution in [1.82, 2.24) is 4.98 Å². The monoisotopic (exact) mass is 463 g/mol. The van der Waals surface area contributed by atoms with Crippen LogP contribution in [-0.4, -0.2) is 29.3 Å². The van der Waals surface area contributed by atoms with Gasteiger partial charge in [-0.1, -0.05) is 35.9 Å². The fourth-order valence-electron chi connectivity index (χ4n) is 3.64. The van der Waals surface area contributed by atoms with Gasteiger partial charge in [-0.3, -0.25) is 14.4 Å². The second-order valence-corrected chi connectivity index (χ2v) is 9.06. The fourth-order valence-corrected chi connectivity index (χ4v) is 4.42. The highest BCUT2D eigenvalue weighted by Gasteiger charge is 2.36. The van der Waals surface area contributed by atoms with Crippen LogP contribution in [0.1, 0.15) is 28.2 Å². The number of benzene rings is 2. The molecule has 2 heterocycles. The number of ether oxygens (including phenoxy) is 1. The predicted molar refractivity (Wildman–Crippen MR) is 127 cm³/mol. The zero-order chi connectivity index (χ0) is 23.4. The third kappa shape index (κ3) is 5.64. The maximum Gasteiger partial charge on any atom is 0.311 e. The van der Waals surface area contributed by atoms with E-state index in [-0.39, 0.29) is 31.3 Å². The molecular formula is C25H25N3O4S. The molecule has 1 fully saturated rings. The highest BCUT2D eigenvalue weighted by molar-refractivity contribution is 7.09. The minimum atomic E-state index is -0.503. The third-order valence-electron chi connectivity index (χ3n) is 5.50. The highest BCUT2D eigenvalue weighted by Crippen LogP contribution is 2.26. The minimum Gasteiger partial charge on any atom is -0.459 e. The molecule has 33 heavy (non-hydrogen) atoms. The minimum absolute atomic E-state index is 0.0178. The maximum atomic E-state index is 12.5. The van der Waals surface area contributed by atoms with Gasteiger partial charge in [0.25, 0.3) is 0 Å². The maximum absolute atomic E-state index is 12.5. The van der Waals surface area contributed by atoms with Crippen molar-refractivity contribution in [2.45, 2.75) is 33.3 Å². The third-order valence-corrected chi connectivity index (χ3v) is 6.39. The van der Waals surface area contributed by atoms with Crippen molar-refractivity contribution in [3.05, 3.63) is 75.7 Å². The molecule has 8 heteroatoms. The SMILES string of the molecule is Cc1ccc(N2CC(C(=O)OCc3csc(CC(=O)Nc4ccccc4C)n3)CC2=O)cc1. The number of hydrogen-bond donors (Lipinski definition) is 1. The van der Waals surface area contributed by atoms with Crippen LogP contribution in [0, 0.1) is 19.8 Å². The predicted octanol–water partition coefficient (Wildman–Crippen LogP) is 4.04. The quantitative estimate of drug-likeness (QED) is 0.535. The Morgan fingerprint density at radius 1 is 1.15 bits per heavy atom. The first-order valence-corrected chi connectivity index (χ1v) is 11.6. The van der Waals surface area contributed by atoms with Crippen molar-refractivity contribution in [2.24, 2.45) is 5.92 Å². The van der Waals surface area contributed by atoms with Gasteiger partial charge in [-0.05, 0) is 37.6 Å². The lowest BCUT2D eigenvalue weighted by Gasteiger charge is -2.16. The molecule has 170 valence electrons. The van der Waals surface area contributed by atoms with E-state index in [0.717, 1.165) is 22.5 Å². The van der Waals surface area contributed by atoms with Crippen LogP contribution in [-0.2, 0) is 32.1 Å². The van der Waals surface area contributed by atoms with Gasteiger partial charge in [0.05, 0.1) is 18.0 Å². The fraction of sp³-hybridized carbons (Fsp3) is 0.280. The molecule has 1 N–H and O–H groups in total. The number of aromatic nitrogens is 1. The van der Waals surface area contributed by atoms with E-state index in [0.29, 0.717) is 17.2 Å². The van der Waals surface area contributed by atoms with E-state index in [4.69, 9.17) is 4.74 Å². The molecule has 2 amide bonds. The Bertz CT molecular complexity index is 1170. The molecule has 4 rings (SSSR count). The van der Waals surface area contributed by atoms with Gasteiger partial charge >= 0.3 is 5.97 Å². The summed E-state index contributed by atoms with van der Waals surface area (Å²) in [6.45, 7) is 4.24. The van der Waals surface area contributed by atoms with Gasteiger partial charge < -0.3 is 15.0 Å². The highest BCUT2D eigenvalue weighted by atomic mass is 32.1. The second-order valence-electron chi connectivity index (χ2n) is 8.12. The number of nitrogens with zero attached hydrogens (tertiary/aromatic N) is 2. The molecule has 0 radical (unpaired) electrons. The van der Waals surface area contributed by atoms with Crippen molar-refractivity contribution < 1.29 is 19.1 Å². The Morgan fingerprint density at radius 3 is 2.67 bits per heavy atom. The molecule has 1 atom stereocenters. The first-order valence-electron chi connectivity index (χ1n) is 10.7. The zero-order valence-corrected chi connectivity index (χ0v) is 19.4. The standard InChI is InChI=1S/C25H25N3O4S/c1-16-7-9-20(10-8-16)28-13-18(11-24(28)30)25(31)32-14-19-15-33-23(26-19)12-22(29)27-21-6-4-3-5-17(21)2/h3-10,15,18H,11-14H2,1-2H3,(H,27,29). The van der Waals surface area contributed by atoms with E-state index in [1.807, 2.05) is 62.4 Å². The van der Waals surface area contributed by atoms with Crippen LogP contribution in [0.4, 0.5) is 11.4 Å². The normalized spacial score (nSPS) is 15.5. The molecule has 1 aromatic heterocycles. The summed E-state index contributed by atoms with van der Waals surface area (Å²) in [4.78, 5) is 43.2. The van der Waals surface area contributed by atoms with E-state index in [9.17, 15) is 14.4 Å². The Morgan fingerprint density at radius 2 is 1.91 bits per heavy atom. The molecule has 0 aliphatic carbocycles. The van der Waals surface area contributed by atoms with Crippen LogP contribution in [0.5, 0.6) is 0 Å². The largest absolute Gasteiger partial charge is 0.459 e. The summed E-state index contributed by atoms with van der Waals surface area (Å²) in [5.74, 6) is -1.15. The number of amides is 2. The number of carbonyl (C=O) groups is 3. The van der Waals surface area contributed by atoms with Crippen LogP contribution >= 0.6 is 11.3 Å². The van der Waals surface area contributed by atoms with E-state index < -0.39 is 11.9 Å². The van der Waals surface area contributed by atoms with Crippen molar-refractivity contribution in [2.75, 3.05) is 16.8 Å². The van der Waals surface area contributed by atoms with Crippen molar-refractivity contribution in [3.8, 4) is 0 Å². The van der Waals surface area contributed by atoms with Crippen LogP contribution in [0.2, 0.25) is 0 Å². The van der Waals surface area contributed by atoms with Crippen LogP contribution < -0.4 is 10.2 Å². The molecule has 2 aromatic carbocycles. The summed E-state index contributed by atoms with van der Waals surface area (Å²) in [6.07, 6.45) is 0.281. The van der Waals surface area contributed by atoms with Crippen LogP contribution in [0.25, 0.3) is 0 Å². The lowest BCUT2D eigenvalue weighted by atomic mass is 10.1. The summed E-state index contributed by atoms with van der Waals surface area (Å²) in [6, 6.07) is 15.2. The molecule has 3 aromatic rings. The van der Waals surface area contributed by atoms with E-state index in [1.54, 1.807) is 10.3 Å². The lowest BCUT2D eigenvalue weighted by Crippen LogP contribution is -2.26. The summed E-state index contributed by atoms with van der Waals surface area (Å²) in [5, 5.41) is 5.31. The molecule has 1 saturated heterocycles. The zero-order valence-electron chi connectivity index (χ0n) is 18.5. The van der Waals surface area contributed by atoms with Gasteiger partial charge in [0.1, 0.15) is 11.6 Å². The summed E-state index contributed by atoms with van der Waals surface area (Å²) in [5.41, 5.74) is 4.25. The Balaban J connectivity index is 1.27. The Labute approximate surface area is 196 Å². The number of hydrogen-bond acceptors (Lipinski definition) is 6. The molecule has 1 aliphatic rings. The molecule has 0 spiro atoms. The first kappa shape index (κ1) is 22.7. The number of anilines is 2. The molecule has 0 bridgehead atoms. The number of nitrogens with one attached hydrogen (secondary N) is 1. The molecule has 1 aliphatic heterocycles. The summed E-state index contributed by atoms with van der Waals surface area (Å²) >= 11 is 1.35. The molecule has 7 nitrogen and oxygen atoms in total. The van der Waals surface area contributed by atoms with E-state index in [1.165, 1.54) is 11.3 Å². The van der Waals surface area contributed by atoms with Gasteiger partial charge in [-0.25, -0.2) is 4.98 Å². The topological polar surface area (TPSA) is 88.6 Å². The van der Waals surface area contributed by atoms with Crippen molar-refractivity contribution in [3.63, 3.8) is 0 Å². The van der Waals surface area contributed by atoms with E-state index >= 15 is 0 Å². The Kier molecular flexibility index (Phi) is 6.84. The van der Waals surface area contributed by atoms with Crippen LogP contribution in [0.15, 0.2) is 53.9 Å². The number of para-hydroxylation sites is 1. The van der Waals surface area contributed by atoms with Gasteiger partial charge in [-0.2, -0.15) is 0 Å². The second kappa shape index (κ2) is 9.95. The average Bonchev–Trinajstić information content (AvgIpc) is 3.40. The smallest absolute Gasteiger partial charge is 0.311 e. The van der Waals surface area contributed by atoms with Gasteiger partial charge in [0.15, 0.2) is 0 Å². The van der Waals surface area contributed by atoms with Crippen molar-refractivity contribution in [1.29, 1.82) is 0 Å².